The summed E-state index contributed by atoms with van der Waals surface area (Å²) in [5.41, 5.74) is 2.22. The van der Waals surface area contributed by atoms with Crippen LogP contribution in [0, 0.1) is 23.2 Å². The highest BCUT2D eigenvalue weighted by molar-refractivity contribution is 6.62. The van der Waals surface area contributed by atoms with Crippen molar-refractivity contribution >= 4 is 12.6 Å². The summed E-state index contributed by atoms with van der Waals surface area (Å²) < 4.78 is 12.2. The molecule has 0 saturated carbocycles. The minimum Gasteiger partial charge on any atom is -0.399 e. The Hall–Kier alpha value is -2.53. The molecule has 3 nitrogen and oxygen atoms in total. The van der Waals surface area contributed by atoms with Crippen LogP contribution in [0.15, 0.2) is 48.5 Å². The molecule has 1 aliphatic rings. The van der Waals surface area contributed by atoms with E-state index in [1.54, 1.807) is 12.1 Å². The van der Waals surface area contributed by atoms with Gasteiger partial charge in [0.25, 0.3) is 0 Å². The Labute approximate surface area is 149 Å². The predicted molar refractivity (Wildman–Crippen MR) is 99.3 cm³/mol. The second-order valence-electron chi connectivity index (χ2n) is 7.16. The van der Waals surface area contributed by atoms with Crippen LogP contribution in [0.3, 0.4) is 0 Å². The van der Waals surface area contributed by atoms with Gasteiger partial charge in [-0.25, -0.2) is 0 Å². The van der Waals surface area contributed by atoms with E-state index in [1.165, 1.54) is 0 Å². The molecular weight excluding hydrogens is 309 g/mol. The molecule has 0 aliphatic carbocycles. The van der Waals surface area contributed by atoms with E-state index in [2.05, 4.69) is 17.9 Å². The van der Waals surface area contributed by atoms with Crippen molar-refractivity contribution in [1.82, 2.24) is 0 Å². The lowest BCUT2D eigenvalue weighted by Gasteiger charge is -2.32. The van der Waals surface area contributed by atoms with E-state index in [0.29, 0.717) is 5.56 Å². The summed E-state index contributed by atoms with van der Waals surface area (Å²) in [5, 5.41) is 9.34. The van der Waals surface area contributed by atoms with Gasteiger partial charge in [0, 0.05) is 11.1 Å². The van der Waals surface area contributed by atoms with E-state index < -0.39 is 18.3 Å². The zero-order valence-electron chi connectivity index (χ0n) is 15.0. The maximum absolute atomic E-state index is 9.34. The monoisotopic (exact) mass is 329 g/mol. The Bertz CT molecular complexity index is 870. The molecule has 0 spiro atoms. The number of rotatable bonds is 1. The smallest absolute Gasteiger partial charge is 0.399 e. The van der Waals surface area contributed by atoms with Crippen LogP contribution in [-0.4, -0.2) is 18.3 Å². The van der Waals surface area contributed by atoms with Crippen molar-refractivity contribution in [2.75, 3.05) is 0 Å². The first kappa shape index (κ1) is 17.3. The van der Waals surface area contributed by atoms with Crippen molar-refractivity contribution in [3.63, 3.8) is 0 Å². The lowest BCUT2D eigenvalue weighted by atomic mass is 9.77. The van der Waals surface area contributed by atoms with Crippen LogP contribution in [0.25, 0.3) is 0 Å². The van der Waals surface area contributed by atoms with Gasteiger partial charge in [0.05, 0.1) is 22.8 Å². The summed E-state index contributed by atoms with van der Waals surface area (Å²) in [6.45, 7) is 8.04. The highest BCUT2D eigenvalue weighted by Crippen LogP contribution is 2.36. The van der Waals surface area contributed by atoms with Crippen molar-refractivity contribution in [2.24, 2.45) is 0 Å². The molecule has 0 N–H and O–H groups in total. The number of nitriles is 1. The summed E-state index contributed by atoms with van der Waals surface area (Å²) in [4.78, 5) is 0. The van der Waals surface area contributed by atoms with Gasteiger partial charge >= 0.3 is 7.12 Å². The zero-order valence-corrected chi connectivity index (χ0v) is 15.0. The molecule has 124 valence electrons. The summed E-state index contributed by atoms with van der Waals surface area (Å²) in [7, 11) is -0.504. The fraction of sp³-hybridized carbons (Fsp3) is 0.286. The van der Waals surface area contributed by atoms with Crippen molar-refractivity contribution in [3.05, 3.63) is 65.2 Å². The van der Waals surface area contributed by atoms with Crippen molar-refractivity contribution in [2.45, 2.75) is 38.9 Å². The van der Waals surface area contributed by atoms with Crippen molar-refractivity contribution in [3.8, 4) is 17.9 Å². The maximum atomic E-state index is 9.34. The molecule has 3 rings (SSSR count). The molecule has 2 aromatic carbocycles. The molecule has 1 aliphatic heterocycles. The maximum Gasteiger partial charge on any atom is 0.494 e. The van der Waals surface area contributed by atoms with Gasteiger partial charge in [-0.05, 0) is 63.5 Å². The normalized spacial score (nSPS) is 17.5. The fourth-order valence-electron chi connectivity index (χ4n) is 2.57. The molecule has 0 amide bonds. The third kappa shape index (κ3) is 3.61. The van der Waals surface area contributed by atoms with Crippen LogP contribution >= 0.6 is 0 Å². The second kappa shape index (κ2) is 6.41. The van der Waals surface area contributed by atoms with E-state index in [0.717, 1.165) is 16.6 Å². The fourth-order valence-corrected chi connectivity index (χ4v) is 2.57. The Morgan fingerprint density at radius 2 is 1.36 bits per heavy atom. The van der Waals surface area contributed by atoms with Crippen LogP contribution in [0.4, 0.5) is 0 Å². The highest BCUT2D eigenvalue weighted by atomic mass is 16.7. The average molecular weight is 329 g/mol. The molecule has 1 heterocycles. The summed E-state index contributed by atoms with van der Waals surface area (Å²) in [6, 6.07) is 17.5. The van der Waals surface area contributed by atoms with E-state index >= 15 is 0 Å². The number of nitrogens with zero attached hydrogens (tertiary/aromatic N) is 1. The Morgan fingerprint density at radius 1 is 0.800 bits per heavy atom. The third-order valence-corrected chi connectivity index (χ3v) is 4.73. The molecule has 0 aromatic heterocycles. The van der Waals surface area contributed by atoms with E-state index in [1.807, 2.05) is 64.1 Å². The van der Waals surface area contributed by atoms with Crippen LogP contribution in [0.2, 0.25) is 0 Å². The van der Waals surface area contributed by atoms with Gasteiger partial charge in [0.15, 0.2) is 0 Å². The van der Waals surface area contributed by atoms with Gasteiger partial charge in [-0.3, -0.25) is 0 Å². The molecule has 1 saturated heterocycles. The number of hydrogen-bond acceptors (Lipinski definition) is 3. The molecule has 1 fully saturated rings. The average Bonchev–Trinajstić information content (AvgIpc) is 2.81. The number of benzene rings is 2. The first-order valence-corrected chi connectivity index (χ1v) is 8.28. The molecule has 2 aromatic rings. The molecule has 0 atom stereocenters. The summed E-state index contributed by atoms with van der Waals surface area (Å²) in [5.74, 6) is 6.25. The minimum absolute atomic E-state index is 0.420. The Morgan fingerprint density at radius 3 is 1.96 bits per heavy atom. The third-order valence-electron chi connectivity index (χ3n) is 4.73. The van der Waals surface area contributed by atoms with E-state index in [4.69, 9.17) is 9.31 Å². The SMILES string of the molecule is CC1(C)OB(c2cc(C#N)cc(C#Cc3ccccc3)c2)OC1(C)C. The van der Waals surface area contributed by atoms with Gasteiger partial charge in [-0.2, -0.15) is 5.26 Å². The second-order valence-corrected chi connectivity index (χ2v) is 7.16. The Kier molecular flexibility index (Phi) is 4.44. The van der Waals surface area contributed by atoms with Gasteiger partial charge in [0.1, 0.15) is 0 Å². The molecule has 0 unspecified atom stereocenters. The van der Waals surface area contributed by atoms with Gasteiger partial charge in [0.2, 0.25) is 0 Å². The van der Waals surface area contributed by atoms with Crippen LogP contribution < -0.4 is 5.46 Å². The van der Waals surface area contributed by atoms with Crippen LogP contribution in [0.1, 0.15) is 44.4 Å². The minimum atomic E-state index is -0.504. The van der Waals surface area contributed by atoms with Gasteiger partial charge < -0.3 is 9.31 Å². The van der Waals surface area contributed by atoms with Gasteiger partial charge in [-0.15, -0.1) is 0 Å². The largest absolute Gasteiger partial charge is 0.494 e. The van der Waals surface area contributed by atoms with Crippen LogP contribution in [-0.2, 0) is 9.31 Å². The van der Waals surface area contributed by atoms with E-state index in [-0.39, 0.29) is 0 Å². The lowest BCUT2D eigenvalue weighted by Crippen LogP contribution is -2.41. The van der Waals surface area contributed by atoms with E-state index in [9.17, 15) is 5.26 Å². The standard InChI is InChI=1S/C21H20BNO2/c1-20(2)21(3,4)25-22(24-20)19-13-17(12-18(14-19)15-23)11-10-16-8-6-5-7-9-16/h5-9,12-14H,1-4H3. The molecule has 0 radical (unpaired) electrons. The lowest BCUT2D eigenvalue weighted by molar-refractivity contribution is 0.00578. The first-order valence-electron chi connectivity index (χ1n) is 8.28. The number of hydrogen-bond donors (Lipinski definition) is 0. The molecule has 4 heteroatoms. The van der Waals surface area contributed by atoms with Crippen LogP contribution in [0.5, 0.6) is 0 Å². The topological polar surface area (TPSA) is 42.2 Å². The Balaban J connectivity index is 1.95. The molecular formula is C21H20BNO2. The van der Waals surface area contributed by atoms with Crippen molar-refractivity contribution in [1.29, 1.82) is 5.26 Å². The quantitative estimate of drug-likeness (QED) is 0.596. The van der Waals surface area contributed by atoms with Crippen molar-refractivity contribution < 1.29 is 9.31 Å². The summed E-state index contributed by atoms with van der Waals surface area (Å²) >= 11 is 0. The predicted octanol–water partition coefficient (Wildman–Crippen LogP) is 3.26. The highest BCUT2D eigenvalue weighted by Gasteiger charge is 2.51. The summed E-state index contributed by atoms with van der Waals surface area (Å²) in [6.07, 6.45) is 0. The molecule has 25 heavy (non-hydrogen) atoms. The zero-order chi connectivity index (χ0) is 18.1. The first-order chi connectivity index (χ1) is 11.8. The van der Waals surface area contributed by atoms with Gasteiger partial charge in [-0.1, -0.05) is 30.0 Å². The molecule has 0 bridgehead atoms.